The number of nitrogens with one attached hydrogen (secondary N) is 1. The summed E-state index contributed by atoms with van der Waals surface area (Å²) < 4.78 is 4.67. The molecule has 0 bridgehead atoms. The SMILES string of the molecule is c1nc([C@@H]2CCCCN2)no1. The average molecular weight is 153 g/mol. The second-order valence-corrected chi connectivity index (χ2v) is 2.79. The average Bonchev–Trinajstić information content (AvgIpc) is 2.58. The number of piperidine rings is 1. The predicted molar refractivity (Wildman–Crippen MR) is 38.9 cm³/mol. The van der Waals surface area contributed by atoms with Crippen molar-refractivity contribution in [1.82, 2.24) is 15.5 Å². The molecule has 2 heterocycles. The second kappa shape index (κ2) is 3.00. The van der Waals surface area contributed by atoms with Gasteiger partial charge in [0.05, 0.1) is 6.04 Å². The number of hydrogen-bond acceptors (Lipinski definition) is 4. The highest BCUT2D eigenvalue weighted by Gasteiger charge is 2.17. The molecule has 1 N–H and O–H groups in total. The molecule has 1 aliphatic heterocycles. The lowest BCUT2D eigenvalue weighted by atomic mass is 10.1. The molecule has 1 aromatic heterocycles. The lowest BCUT2D eigenvalue weighted by molar-refractivity contribution is 0.363. The van der Waals surface area contributed by atoms with Crippen LogP contribution in [-0.4, -0.2) is 16.7 Å². The lowest BCUT2D eigenvalue weighted by Gasteiger charge is -2.19. The molecule has 2 rings (SSSR count). The van der Waals surface area contributed by atoms with Gasteiger partial charge in [-0.25, -0.2) is 0 Å². The first-order chi connectivity index (χ1) is 5.47. The first-order valence-corrected chi connectivity index (χ1v) is 3.96. The Morgan fingerprint density at radius 2 is 2.55 bits per heavy atom. The molecule has 1 fully saturated rings. The summed E-state index contributed by atoms with van der Waals surface area (Å²) in [6.45, 7) is 1.07. The molecule has 1 atom stereocenters. The van der Waals surface area contributed by atoms with Crippen molar-refractivity contribution >= 4 is 0 Å². The van der Waals surface area contributed by atoms with Gasteiger partial charge in [0, 0.05) is 0 Å². The highest BCUT2D eigenvalue weighted by atomic mass is 16.5. The van der Waals surface area contributed by atoms with E-state index < -0.39 is 0 Å². The standard InChI is InChI=1S/C7H11N3O/c1-2-4-8-6(3-1)7-9-5-11-10-7/h5-6,8H,1-4H2/t6-/m0/s1. The molecule has 4 heteroatoms. The normalized spacial score (nSPS) is 25.3. The van der Waals surface area contributed by atoms with E-state index >= 15 is 0 Å². The zero-order valence-electron chi connectivity index (χ0n) is 6.29. The molecule has 0 saturated carbocycles. The van der Waals surface area contributed by atoms with Gasteiger partial charge in [0.2, 0.25) is 6.39 Å². The van der Waals surface area contributed by atoms with Gasteiger partial charge in [-0.3, -0.25) is 0 Å². The van der Waals surface area contributed by atoms with Gasteiger partial charge in [0.25, 0.3) is 0 Å². The summed E-state index contributed by atoms with van der Waals surface area (Å²) in [5.74, 6) is 0.796. The van der Waals surface area contributed by atoms with E-state index in [1.807, 2.05) is 0 Å². The lowest BCUT2D eigenvalue weighted by Crippen LogP contribution is -2.27. The second-order valence-electron chi connectivity index (χ2n) is 2.79. The zero-order chi connectivity index (χ0) is 7.52. The predicted octanol–water partition coefficient (Wildman–Crippen LogP) is 0.884. The molecule has 60 valence electrons. The van der Waals surface area contributed by atoms with E-state index in [0.29, 0.717) is 6.04 Å². The minimum atomic E-state index is 0.322. The molecule has 0 spiro atoms. The van der Waals surface area contributed by atoms with Crippen molar-refractivity contribution in [3.05, 3.63) is 12.2 Å². The fourth-order valence-electron chi connectivity index (χ4n) is 1.40. The summed E-state index contributed by atoms with van der Waals surface area (Å²) in [7, 11) is 0. The third-order valence-electron chi connectivity index (χ3n) is 2.00. The van der Waals surface area contributed by atoms with Gasteiger partial charge in [-0.15, -0.1) is 0 Å². The van der Waals surface area contributed by atoms with E-state index in [1.54, 1.807) is 0 Å². The molecule has 1 aromatic rings. The number of nitrogens with zero attached hydrogens (tertiary/aromatic N) is 2. The molecule has 1 saturated heterocycles. The Balaban J connectivity index is 2.04. The van der Waals surface area contributed by atoms with Gasteiger partial charge >= 0.3 is 0 Å². The van der Waals surface area contributed by atoms with Crippen molar-refractivity contribution in [2.24, 2.45) is 0 Å². The van der Waals surface area contributed by atoms with Crippen LogP contribution in [0.5, 0.6) is 0 Å². The minimum absolute atomic E-state index is 0.322. The van der Waals surface area contributed by atoms with Crippen LogP contribution >= 0.6 is 0 Å². The maximum absolute atomic E-state index is 4.67. The fraction of sp³-hybridized carbons (Fsp3) is 0.714. The van der Waals surface area contributed by atoms with Crippen LogP contribution in [0.15, 0.2) is 10.9 Å². The van der Waals surface area contributed by atoms with Crippen LogP contribution in [0.25, 0.3) is 0 Å². The Bertz CT molecular complexity index is 203. The van der Waals surface area contributed by atoms with Crippen LogP contribution in [0.2, 0.25) is 0 Å². The molecule has 0 unspecified atom stereocenters. The van der Waals surface area contributed by atoms with Crippen molar-refractivity contribution in [1.29, 1.82) is 0 Å². The first-order valence-electron chi connectivity index (χ1n) is 3.96. The Morgan fingerprint density at radius 1 is 1.55 bits per heavy atom. The van der Waals surface area contributed by atoms with Crippen molar-refractivity contribution in [3.63, 3.8) is 0 Å². The van der Waals surface area contributed by atoms with Crippen molar-refractivity contribution < 1.29 is 4.52 Å². The van der Waals surface area contributed by atoms with Crippen molar-refractivity contribution in [3.8, 4) is 0 Å². The van der Waals surface area contributed by atoms with Gasteiger partial charge in [-0.1, -0.05) is 11.6 Å². The summed E-state index contributed by atoms with van der Waals surface area (Å²) >= 11 is 0. The van der Waals surface area contributed by atoms with Crippen molar-refractivity contribution in [2.45, 2.75) is 25.3 Å². The van der Waals surface area contributed by atoms with Gasteiger partial charge in [0.15, 0.2) is 5.82 Å². The van der Waals surface area contributed by atoms with Gasteiger partial charge in [-0.05, 0) is 19.4 Å². The van der Waals surface area contributed by atoms with Gasteiger partial charge in [0.1, 0.15) is 0 Å². The highest BCUT2D eigenvalue weighted by molar-refractivity contribution is 4.91. The van der Waals surface area contributed by atoms with Crippen LogP contribution in [0.1, 0.15) is 31.1 Å². The Hall–Kier alpha value is -0.900. The third-order valence-corrected chi connectivity index (χ3v) is 2.00. The van der Waals surface area contributed by atoms with E-state index in [0.717, 1.165) is 18.8 Å². The molecule has 0 radical (unpaired) electrons. The Kier molecular flexibility index (Phi) is 1.85. The summed E-state index contributed by atoms with van der Waals surface area (Å²) in [4.78, 5) is 4.00. The molecule has 0 aromatic carbocycles. The smallest absolute Gasteiger partial charge is 0.213 e. The molecule has 4 nitrogen and oxygen atoms in total. The van der Waals surface area contributed by atoms with Crippen LogP contribution < -0.4 is 5.32 Å². The highest BCUT2D eigenvalue weighted by Crippen LogP contribution is 2.18. The number of rotatable bonds is 1. The first kappa shape index (κ1) is 6.79. The van der Waals surface area contributed by atoms with Crippen LogP contribution in [0, 0.1) is 0 Å². The molecule has 0 amide bonds. The van der Waals surface area contributed by atoms with E-state index in [1.165, 1.54) is 19.2 Å². The topological polar surface area (TPSA) is 51.0 Å². The summed E-state index contributed by atoms with van der Waals surface area (Å²) in [5, 5.41) is 7.13. The molecule has 1 aliphatic rings. The summed E-state index contributed by atoms with van der Waals surface area (Å²) in [6, 6.07) is 0.322. The summed E-state index contributed by atoms with van der Waals surface area (Å²) in [5.41, 5.74) is 0. The molecule has 11 heavy (non-hydrogen) atoms. The molecular weight excluding hydrogens is 142 g/mol. The Labute approximate surface area is 65.0 Å². The van der Waals surface area contributed by atoms with E-state index in [9.17, 15) is 0 Å². The largest absolute Gasteiger partial charge is 0.343 e. The summed E-state index contributed by atoms with van der Waals surface area (Å²) in [6.07, 6.45) is 5.02. The van der Waals surface area contributed by atoms with Gasteiger partial charge < -0.3 is 9.84 Å². The Morgan fingerprint density at radius 3 is 3.18 bits per heavy atom. The monoisotopic (exact) mass is 153 g/mol. The molecule has 0 aliphatic carbocycles. The van der Waals surface area contributed by atoms with E-state index in [4.69, 9.17) is 0 Å². The molecular formula is C7H11N3O. The fourth-order valence-corrected chi connectivity index (χ4v) is 1.40. The maximum Gasteiger partial charge on any atom is 0.213 e. The van der Waals surface area contributed by atoms with Crippen molar-refractivity contribution in [2.75, 3.05) is 6.54 Å². The maximum atomic E-state index is 4.67. The van der Waals surface area contributed by atoms with Gasteiger partial charge in [-0.2, -0.15) is 4.98 Å². The van der Waals surface area contributed by atoms with Crippen LogP contribution in [-0.2, 0) is 0 Å². The number of aromatic nitrogens is 2. The van der Waals surface area contributed by atoms with E-state index in [-0.39, 0.29) is 0 Å². The van der Waals surface area contributed by atoms with Crippen LogP contribution in [0.4, 0.5) is 0 Å². The zero-order valence-corrected chi connectivity index (χ0v) is 6.29. The van der Waals surface area contributed by atoms with E-state index in [2.05, 4.69) is 20.0 Å². The third kappa shape index (κ3) is 1.40. The quantitative estimate of drug-likeness (QED) is 0.650. The minimum Gasteiger partial charge on any atom is -0.343 e. The van der Waals surface area contributed by atoms with Crippen LogP contribution in [0.3, 0.4) is 0 Å². The number of hydrogen-bond donors (Lipinski definition) is 1.